The Labute approximate surface area is 233 Å². The number of rotatable bonds is 10. The number of hydrogen-bond donors (Lipinski definition) is 5. The zero-order valence-corrected chi connectivity index (χ0v) is 22.8. The van der Waals surface area contributed by atoms with Crippen molar-refractivity contribution >= 4 is 75.3 Å². The number of β-lactam (4-membered cyclic amide) rings is 1. The summed E-state index contributed by atoms with van der Waals surface area (Å²) in [7, 11) is 0. The van der Waals surface area contributed by atoms with E-state index in [-0.39, 0.29) is 33.8 Å². The van der Waals surface area contributed by atoms with Crippen molar-refractivity contribution in [3.05, 3.63) is 34.6 Å². The topological polar surface area (TPSA) is 236 Å². The number of amides is 2. The highest BCUT2D eigenvalue weighted by atomic mass is 32.2. The third-order valence-corrected chi connectivity index (χ3v) is 8.39. The number of carboxylic acid groups (broad SMARTS) is 2. The first-order valence-corrected chi connectivity index (χ1v) is 13.9. The van der Waals surface area contributed by atoms with E-state index in [0.717, 1.165) is 16.2 Å². The van der Waals surface area contributed by atoms with Gasteiger partial charge in [-0.2, -0.15) is 0 Å². The van der Waals surface area contributed by atoms with Gasteiger partial charge in [0.2, 0.25) is 5.60 Å². The second kappa shape index (κ2) is 11.1. The van der Waals surface area contributed by atoms with Gasteiger partial charge in [-0.05, 0) is 25.5 Å². The van der Waals surface area contributed by atoms with E-state index in [9.17, 15) is 29.4 Å². The van der Waals surface area contributed by atoms with E-state index in [0.29, 0.717) is 10.7 Å². The molecule has 4 rings (SSSR count). The zero-order chi connectivity index (χ0) is 28.5. The van der Waals surface area contributed by atoms with Crippen LogP contribution in [0.15, 0.2) is 39.2 Å². The molecule has 206 valence electrons. The molecule has 2 aliphatic rings. The fourth-order valence-electron chi connectivity index (χ4n) is 3.38. The van der Waals surface area contributed by atoms with Crippen LogP contribution in [0.4, 0.5) is 10.9 Å². The van der Waals surface area contributed by atoms with Gasteiger partial charge in [0, 0.05) is 23.1 Å². The minimum absolute atomic E-state index is 0.0188. The van der Waals surface area contributed by atoms with Crippen LogP contribution in [0.1, 0.15) is 19.5 Å². The van der Waals surface area contributed by atoms with Gasteiger partial charge in [0.25, 0.3) is 11.8 Å². The van der Waals surface area contributed by atoms with E-state index in [1.807, 2.05) is 0 Å². The largest absolute Gasteiger partial charge is 0.478 e. The van der Waals surface area contributed by atoms with E-state index >= 15 is 0 Å². The summed E-state index contributed by atoms with van der Waals surface area (Å²) in [6.07, 6.45) is 1.49. The summed E-state index contributed by atoms with van der Waals surface area (Å²) in [6, 6.07) is 0.454. The predicted molar refractivity (Wildman–Crippen MR) is 143 cm³/mol. The number of carbonyl (C=O) groups is 4. The number of thiazole rings is 1. The highest BCUT2D eigenvalue weighted by Crippen LogP contribution is 2.41. The molecule has 15 nitrogen and oxygen atoms in total. The molecule has 18 heteroatoms. The molecule has 2 aromatic rings. The van der Waals surface area contributed by atoms with Crippen molar-refractivity contribution in [2.75, 3.05) is 23.0 Å². The molecule has 4 heterocycles. The number of carboxylic acids is 2. The number of carbonyl (C=O) groups excluding carboxylic acids is 2. The molecule has 0 spiro atoms. The van der Waals surface area contributed by atoms with Crippen molar-refractivity contribution < 1.29 is 34.2 Å². The average Bonchev–Trinajstić information content (AvgIpc) is 3.30. The van der Waals surface area contributed by atoms with Crippen LogP contribution in [0, 0.1) is 0 Å². The minimum atomic E-state index is -1.76. The molecule has 2 aliphatic heterocycles. The van der Waals surface area contributed by atoms with Crippen LogP contribution in [-0.2, 0) is 24.0 Å². The Morgan fingerprint density at radius 2 is 2.05 bits per heavy atom. The van der Waals surface area contributed by atoms with Crippen LogP contribution in [0.5, 0.6) is 0 Å². The molecule has 1 fully saturated rings. The lowest BCUT2D eigenvalue weighted by atomic mass is 10.0. The van der Waals surface area contributed by atoms with Gasteiger partial charge in [-0.1, -0.05) is 16.9 Å². The monoisotopic (exact) mass is 594 g/mol. The van der Waals surface area contributed by atoms with Crippen LogP contribution in [-0.4, -0.2) is 88.1 Å². The Bertz CT molecular complexity index is 1410. The second-order valence-corrected chi connectivity index (χ2v) is 11.5. The third kappa shape index (κ3) is 5.91. The van der Waals surface area contributed by atoms with Crippen molar-refractivity contribution in [2.45, 2.75) is 36.0 Å². The van der Waals surface area contributed by atoms with Gasteiger partial charge in [-0.3, -0.25) is 14.5 Å². The fourth-order valence-corrected chi connectivity index (χ4v) is 6.25. The number of anilines is 2. The summed E-state index contributed by atoms with van der Waals surface area (Å²) in [4.78, 5) is 68.1. The quantitative estimate of drug-likeness (QED) is 0.0813. The summed E-state index contributed by atoms with van der Waals surface area (Å²) < 4.78 is 0. The maximum Gasteiger partial charge on any atom is 0.352 e. The molecule has 2 amide bonds. The van der Waals surface area contributed by atoms with Crippen molar-refractivity contribution in [2.24, 2.45) is 5.16 Å². The number of aromatic nitrogens is 3. The number of oxime groups is 1. The number of aliphatic carboxylic acids is 2. The van der Waals surface area contributed by atoms with Crippen LogP contribution < -0.4 is 16.8 Å². The van der Waals surface area contributed by atoms with Crippen LogP contribution in [0.2, 0.25) is 0 Å². The Balaban J connectivity index is 1.52. The van der Waals surface area contributed by atoms with E-state index < -0.39 is 46.5 Å². The van der Waals surface area contributed by atoms with E-state index in [1.54, 1.807) is 0 Å². The third-order valence-electron chi connectivity index (χ3n) is 5.43. The molecule has 39 heavy (non-hydrogen) atoms. The van der Waals surface area contributed by atoms with Crippen LogP contribution in [0.3, 0.4) is 0 Å². The van der Waals surface area contributed by atoms with Gasteiger partial charge in [-0.25, -0.2) is 24.5 Å². The fraction of sp³-hybridized carbons (Fsp3) is 0.333. The number of hydrogen-bond acceptors (Lipinski definition) is 14. The lowest BCUT2D eigenvalue weighted by molar-refractivity contribution is -0.161. The lowest BCUT2D eigenvalue weighted by Gasteiger charge is -2.49. The molecule has 0 radical (unpaired) electrons. The number of thioether (sulfide) groups is 2. The van der Waals surface area contributed by atoms with Crippen molar-refractivity contribution in [1.82, 2.24) is 25.2 Å². The Morgan fingerprint density at radius 3 is 2.67 bits per heavy atom. The van der Waals surface area contributed by atoms with E-state index in [1.165, 1.54) is 55.0 Å². The Hall–Kier alpha value is -3.90. The maximum absolute atomic E-state index is 13.1. The molecular weight excluding hydrogens is 572 g/mol. The zero-order valence-electron chi connectivity index (χ0n) is 20.4. The smallest absolute Gasteiger partial charge is 0.352 e. The first-order chi connectivity index (χ1) is 18.4. The predicted octanol–water partition coefficient (Wildman–Crippen LogP) is 0.212. The summed E-state index contributed by atoms with van der Waals surface area (Å²) in [6.45, 7) is 2.48. The van der Waals surface area contributed by atoms with Crippen LogP contribution in [0.25, 0.3) is 0 Å². The molecular formula is C21H22N8O7S3. The number of nitrogens with one attached hydrogen (secondary N) is 1. The summed E-state index contributed by atoms with van der Waals surface area (Å²) >= 11 is 3.48. The molecule has 7 N–H and O–H groups in total. The molecule has 2 aromatic heterocycles. The van der Waals surface area contributed by atoms with Gasteiger partial charge >= 0.3 is 11.9 Å². The van der Waals surface area contributed by atoms with Gasteiger partial charge in [0.1, 0.15) is 28.6 Å². The van der Waals surface area contributed by atoms with E-state index in [2.05, 4.69) is 25.4 Å². The van der Waals surface area contributed by atoms with Crippen LogP contribution >= 0.6 is 34.9 Å². The SMILES string of the molecule is CC(C)(O/N=C(\C(=O)N[C@@H]1C(=O)N2C(C(=O)O)=C(CSc3nccc(N)n3)CS[C@H]12)c1csc(N)n1)C(=O)O. The number of nitrogen functional groups attached to an aromatic ring is 2. The van der Waals surface area contributed by atoms with Gasteiger partial charge in [0.05, 0.1) is 0 Å². The Kier molecular flexibility index (Phi) is 7.98. The first kappa shape index (κ1) is 28.1. The highest BCUT2D eigenvalue weighted by Gasteiger charge is 2.54. The summed E-state index contributed by atoms with van der Waals surface area (Å²) in [5.74, 6) is -3.36. The number of nitrogens with two attached hydrogens (primary N) is 2. The van der Waals surface area contributed by atoms with Crippen molar-refractivity contribution in [3.63, 3.8) is 0 Å². The van der Waals surface area contributed by atoms with Gasteiger partial charge in [-0.15, -0.1) is 23.1 Å². The summed E-state index contributed by atoms with van der Waals surface area (Å²) in [5.41, 5.74) is 9.52. The Morgan fingerprint density at radius 1 is 1.31 bits per heavy atom. The average molecular weight is 595 g/mol. The molecule has 1 saturated heterocycles. The standard InChI is InChI=1S/C21H22N8O7S3/c1-21(2,18(34)35)36-28-11(9-7-38-19(23)25-9)14(30)27-12-15(31)29-13(17(32)33)8(5-37-16(12)29)6-39-20-24-4-3-10(22)26-20/h3-4,7,12,16H,5-6H2,1-2H3,(H2,23,25)(H,27,30)(H,32,33)(H,34,35)(H2,22,24,26)/b28-11-/t12-,16-/m1/s1. The number of fused-ring (bicyclic) bond motifs is 1. The molecule has 2 atom stereocenters. The lowest BCUT2D eigenvalue weighted by Crippen LogP contribution is -2.71. The van der Waals surface area contributed by atoms with E-state index in [4.69, 9.17) is 16.3 Å². The molecule has 0 bridgehead atoms. The minimum Gasteiger partial charge on any atom is -0.478 e. The van der Waals surface area contributed by atoms with Crippen molar-refractivity contribution in [1.29, 1.82) is 0 Å². The first-order valence-electron chi connectivity index (χ1n) is 11.0. The second-order valence-electron chi connectivity index (χ2n) is 8.59. The molecule has 0 unspecified atom stereocenters. The normalized spacial score (nSPS) is 19.3. The molecule has 0 saturated carbocycles. The molecule has 0 aromatic carbocycles. The van der Waals surface area contributed by atoms with Gasteiger partial charge < -0.3 is 31.8 Å². The number of nitrogens with zero attached hydrogens (tertiary/aromatic N) is 5. The molecule has 0 aliphatic carbocycles. The maximum atomic E-state index is 13.1. The highest BCUT2D eigenvalue weighted by molar-refractivity contribution is 8.01. The van der Waals surface area contributed by atoms with Gasteiger partial charge in [0.15, 0.2) is 16.0 Å². The van der Waals surface area contributed by atoms with Crippen molar-refractivity contribution in [3.8, 4) is 0 Å². The summed E-state index contributed by atoms with van der Waals surface area (Å²) in [5, 5.41) is 26.6.